The van der Waals surface area contributed by atoms with E-state index in [2.05, 4.69) is 40.5 Å². The number of thioether (sulfide) groups is 1. The number of hydrogen-bond acceptors (Lipinski definition) is 7. The number of allylic oxidation sites excluding steroid dienone is 2. The van der Waals surface area contributed by atoms with Gasteiger partial charge < -0.3 is 31.1 Å². The van der Waals surface area contributed by atoms with Gasteiger partial charge in [0.1, 0.15) is 0 Å². The van der Waals surface area contributed by atoms with Gasteiger partial charge in [-0.3, -0.25) is 19.2 Å². The van der Waals surface area contributed by atoms with Crippen LogP contribution in [0.4, 0.5) is 0 Å². The lowest BCUT2D eigenvalue weighted by atomic mass is 9.90. The van der Waals surface area contributed by atoms with Crippen molar-refractivity contribution >= 4 is 60.3 Å². The molecular weight excluding hydrogens is 613 g/mol. The summed E-state index contributed by atoms with van der Waals surface area (Å²) < 4.78 is 0. The van der Waals surface area contributed by atoms with Gasteiger partial charge in [-0.1, -0.05) is 13.8 Å². The molecule has 0 bridgehead atoms. The lowest BCUT2D eigenvalue weighted by Crippen LogP contribution is -2.36. The van der Waals surface area contributed by atoms with Gasteiger partial charge in [0.15, 0.2) is 0 Å². The number of carbonyl (C=O) groups is 4. The highest BCUT2D eigenvalue weighted by atomic mass is 32.2. The first-order chi connectivity index (χ1) is 21.4. The Morgan fingerprint density at radius 1 is 1.00 bits per heavy atom. The normalized spacial score (nSPS) is 29.5. The van der Waals surface area contributed by atoms with Crippen LogP contribution >= 0.6 is 24.4 Å². The summed E-state index contributed by atoms with van der Waals surface area (Å²) in [6.07, 6.45) is 5.88. The van der Waals surface area contributed by atoms with Crippen molar-refractivity contribution in [3.8, 4) is 0 Å². The van der Waals surface area contributed by atoms with Crippen molar-refractivity contribution < 1.29 is 29.4 Å². The van der Waals surface area contributed by atoms with Crippen LogP contribution in [0, 0.1) is 24.7 Å². The molecule has 4 aliphatic rings. The molecule has 0 radical (unpaired) electrons. The molecule has 12 heteroatoms. The fraction of sp³-hybridized carbons (Fsp3) is 0.515. The van der Waals surface area contributed by atoms with Gasteiger partial charge in [-0.25, -0.2) is 0 Å². The second-order valence-corrected chi connectivity index (χ2v) is 14.0. The van der Waals surface area contributed by atoms with Crippen molar-refractivity contribution in [1.29, 1.82) is 0 Å². The third kappa shape index (κ3) is 7.06. The molecule has 242 valence electrons. The predicted molar refractivity (Wildman–Crippen MR) is 178 cm³/mol. The summed E-state index contributed by atoms with van der Waals surface area (Å²) in [6, 6.07) is -0.138. The number of aliphatic carboxylic acids is 2. The van der Waals surface area contributed by atoms with Gasteiger partial charge in [0.25, 0.3) is 0 Å². The number of carbonyl (C=O) groups excluding carboxylic acids is 2. The fourth-order valence-corrected chi connectivity index (χ4v) is 7.83. The Kier molecular flexibility index (Phi) is 9.93. The minimum Gasteiger partial charge on any atom is -0.481 e. The van der Waals surface area contributed by atoms with Gasteiger partial charge in [0.05, 0.1) is 0 Å². The van der Waals surface area contributed by atoms with E-state index in [1.807, 2.05) is 32.9 Å². The minimum atomic E-state index is -0.900. The quantitative estimate of drug-likeness (QED) is 0.0992. The van der Waals surface area contributed by atoms with E-state index in [0.29, 0.717) is 25.0 Å². The number of carboxylic acids is 2. The maximum absolute atomic E-state index is 12.7. The highest BCUT2D eigenvalue weighted by Crippen LogP contribution is 2.44. The molecule has 0 spiro atoms. The number of nitrogens with one attached hydrogen (secondary N) is 4. The van der Waals surface area contributed by atoms with Crippen molar-refractivity contribution in [2.24, 2.45) is 17.8 Å². The largest absolute Gasteiger partial charge is 0.481 e. The molecule has 2 amide bonds. The second kappa shape index (κ2) is 13.5. The van der Waals surface area contributed by atoms with Crippen molar-refractivity contribution in [3.05, 3.63) is 55.5 Å². The second-order valence-electron chi connectivity index (χ2n) is 12.5. The summed E-state index contributed by atoms with van der Waals surface area (Å²) in [5.41, 5.74) is 7.75. The van der Waals surface area contributed by atoms with Crippen LogP contribution in [-0.2, 0) is 25.6 Å². The molecule has 2 unspecified atom stereocenters. The number of hydrogen-bond donors (Lipinski definition) is 7. The van der Waals surface area contributed by atoms with Gasteiger partial charge in [-0.2, -0.15) is 12.6 Å². The molecule has 3 saturated heterocycles. The first-order valence-electron chi connectivity index (χ1n) is 15.5. The zero-order valence-electron chi connectivity index (χ0n) is 26.1. The number of H-pyrrole nitrogens is 1. The molecule has 3 fully saturated rings. The Labute approximate surface area is 273 Å². The zero-order chi connectivity index (χ0) is 32.6. The van der Waals surface area contributed by atoms with E-state index < -0.39 is 11.9 Å². The summed E-state index contributed by atoms with van der Waals surface area (Å²) in [7, 11) is 0. The summed E-state index contributed by atoms with van der Waals surface area (Å²) in [4.78, 5) is 53.0. The highest BCUT2D eigenvalue weighted by molar-refractivity contribution is 8.11. The van der Waals surface area contributed by atoms with Crippen LogP contribution < -0.4 is 16.0 Å². The Bertz CT molecular complexity index is 1550. The van der Waals surface area contributed by atoms with Gasteiger partial charge in [-0.15, -0.1) is 11.8 Å². The Balaban J connectivity index is 1.49. The average molecular weight is 655 g/mol. The molecule has 5 heterocycles. The monoisotopic (exact) mass is 654 g/mol. The molecule has 1 aromatic rings. The van der Waals surface area contributed by atoms with Gasteiger partial charge in [0.2, 0.25) is 11.8 Å². The minimum absolute atomic E-state index is 0.00466. The number of rotatable bonds is 12. The molecule has 0 aliphatic carbocycles. The van der Waals surface area contributed by atoms with Crippen LogP contribution in [0.1, 0.15) is 75.4 Å². The Morgan fingerprint density at radius 2 is 1.69 bits per heavy atom. The maximum atomic E-state index is 12.7. The fourth-order valence-electron chi connectivity index (χ4n) is 6.89. The van der Waals surface area contributed by atoms with Crippen LogP contribution in [0.25, 0.3) is 12.2 Å². The summed E-state index contributed by atoms with van der Waals surface area (Å²) in [5, 5.41) is 28.8. The summed E-state index contributed by atoms with van der Waals surface area (Å²) in [5.74, 6) is -0.321. The lowest BCUT2D eigenvalue weighted by Gasteiger charge is -2.21. The summed E-state index contributed by atoms with van der Waals surface area (Å²) in [6.45, 7) is 7.96. The number of aromatic nitrogens is 1. The van der Waals surface area contributed by atoms with Gasteiger partial charge in [0, 0.05) is 81.7 Å². The molecule has 10 nitrogen and oxygen atoms in total. The van der Waals surface area contributed by atoms with Crippen molar-refractivity contribution in [2.75, 3.05) is 11.5 Å². The van der Waals surface area contributed by atoms with Crippen LogP contribution in [0.2, 0.25) is 0 Å². The zero-order valence-corrected chi connectivity index (χ0v) is 27.8. The van der Waals surface area contributed by atoms with E-state index in [1.54, 1.807) is 11.8 Å². The number of amides is 2. The van der Waals surface area contributed by atoms with Gasteiger partial charge in [-0.05, 0) is 79.7 Å². The van der Waals surface area contributed by atoms with Crippen molar-refractivity contribution in [1.82, 2.24) is 20.9 Å². The molecule has 0 saturated carbocycles. The van der Waals surface area contributed by atoms with Crippen LogP contribution in [0.15, 0.2) is 33.0 Å². The standard InChI is InChI=1S/C33H42N4O6S2/c1-15-19(5-7-29(38)39)25(34-22(15)11-24-18(4)31(28-14-45-28)33(43)36-24)13-26-20(6-8-30(40)41)16(2)23(35-26)12-27-21(9-10-44)17(3)32(42)37-27/h12-13,17-18,21-22,24,34-35,44H,5-11,14H2,1-4H3,(H,36,43)(H,37,42)(H,38,39)(H,40,41)/b25-13+,27-12-,31-28+/t17-,18?,21-,22?,24-/m1/s1. The first kappa shape index (κ1) is 33.0. The van der Waals surface area contributed by atoms with E-state index in [9.17, 15) is 29.4 Å². The molecule has 5 rings (SSSR count). The number of carboxylic acid groups (broad SMARTS) is 2. The highest BCUT2D eigenvalue weighted by Gasteiger charge is 2.41. The maximum Gasteiger partial charge on any atom is 0.303 e. The van der Waals surface area contributed by atoms with E-state index in [-0.39, 0.29) is 54.5 Å². The number of thiol groups is 1. The van der Waals surface area contributed by atoms with E-state index >= 15 is 0 Å². The summed E-state index contributed by atoms with van der Waals surface area (Å²) >= 11 is 6.10. The van der Waals surface area contributed by atoms with E-state index in [1.165, 1.54) is 4.91 Å². The number of aromatic amines is 1. The van der Waals surface area contributed by atoms with Crippen molar-refractivity contribution in [3.63, 3.8) is 0 Å². The smallest absolute Gasteiger partial charge is 0.303 e. The van der Waals surface area contributed by atoms with E-state index in [0.717, 1.165) is 62.8 Å². The third-order valence-corrected chi connectivity index (χ3v) is 10.7. The Hall–Kier alpha value is -3.38. The SMILES string of the molecule is CC1=C(CCC(=O)O)/C(=C\c2[nH]c(/C=C3\NC(=O)[C@H](C)[C@H]3CCS)c(C)c2CCC(=O)O)NC1C[C@H]1NC(=O)/C(=C2\CS2)C1C. The van der Waals surface area contributed by atoms with Crippen LogP contribution in [0.5, 0.6) is 0 Å². The molecule has 4 aliphatic heterocycles. The van der Waals surface area contributed by atoms with Gasteiger partial charge >= 0.3 is 11.9 Å². The molecule has 45 heavy (non-hydrogen) atoms. The third-order valence-electron chi connectivity index (χ3n) is 9.69. The average Bonchev–Trinajstić information content (AvgIpc) is 3.56. The topological polar surface area (TPSA) is 161 Å². The van der Waals surface area contributed by atoms with Crippen LogP contribution in [0.3, 0.4) is 0 Å². The van der Waals surface area contributed by atoms with Crippen LogP contribution in [-0.4, -0.2) is 62.5 Å². The molecule has 0 aromatic carbocycles. The molecule has 1 aromatic heterocycles. The van der Waals surface area contributed by atoms with Crippen molar-refractivity contribution in [2.45, 2.75) is 78.3 Å². The Morgan fingerprint density at radius 3 is 2.33 bits per heavy atom. The molecular formula is C33H42N4O6S2. The lowest BCUT2D eigenvalue weighted by molar-refractivity contribution is -0.138. The van der Waals surface area contributed by atoms with E-state index in [4.69, 9.17) is 0 Å². The molecule has 5 atom stereocenters. The molecule has 6 N–H and O–H groups in total. The first-order valence-corrected chi connectivity index (χ1v) is 17.1. The predicted octanol–water partition coefficient (Wildman–Crippen LogP) is 4.40.